The van der Waals surface area contributed by atoms with Gasteiger partial charge in [-0.05, 0) is 7.05 Å². The molecular formula is C10H8F3N3S. The minimum absolute atomic E-state index is 0.102. The van der Waals surface area contributed by atoms with Crippen LogP contribution in [0.1, 0.15) is 5.01 Å². The lowest BCUT2D eigenvalue weighted by Gasteiger charge is -2.00. The quantitative estimate of drug-likeness (QED) is 0.919. The molecule has 17 heavy (non-hydrogen) atoms. The van der Waals surface area contributed by atoms with Gasteiger partial charge in [0.2, 0.25) is 0 Å². The maximum Gasteiger partial charge on any atom is 0.153 e. The molecule has 7 heteroatoms. The molecule has 0 atom stereocenters. The van der Waals surface area contributed by atoms with E-state index in [9.17, 15) is 13.2 Å². The highest BCUT2D eigenvalue weighted by Crippen LogP contribution is 2.29. The summed E-state index contributed by atoms with van der Waals surface area (Å²) < 4.78 is 39.6. The van der Waals surface area contributed by atoms with E-state index >= 15 is 0 Å². The van der Waals surface area contributed by atoms with E-state index in [0.29, 0.717) is 23.7 Å². The predicted molar refractivity (Wildman–Crippen MR) is 58.0 cm³/mol. The van der Waals surface area contributed by atoms with Gasteiger partial charge in [-0.3, -0.25) is 0 Å². The Kier molecular flexibility index (Phi) is 3.39. The van der Waals surface area contributed by atoms with Crippen molar-refractivity contribution in [1.29, 1.82) is 0 Å². The monoisotopic (exact) mass is 259 g/mol. The van der Waals surface area contributed by atoms with Crippen LogP contribution in [0.3, 0.4) is 0 Å². The first-order valence-corrected chi connectivity index (χ1v) is 5.55. The third-order valence-corrected chi connectivity index (χ3v) is 2.96. The minimum atomic E-state index is -0.977. The second kappa shape index (κ2) is 4.80. The zero-order valence-electron chi connectivity index (χ0n) is 8.80. The Balaban J connectivity index is 2.45. The Morgan fingerprint density at radius 3 is 2.41 bits per heavy atom. The van der Waals surface area contributed by atoms with Crippen LogP contribution in [0.25, 0.3) is 10.6 Å². The van der Waals surface area contributed by atoms with Crippen molar-refractivity contribution in [1.82, 2.24) is 15.5 Å². The second-order valence-electron chi connectivity index (χ2n) is 3.28. The SMILES string of the molecule is CNCc1nnc(-c2c(F)cc(F)cc2F)s1. The molecule has 0 aliphatic rings. The van der Waals surface area contributed by atoms with E-state index in [2.05, 4.69) is 15.5 Å². The van der Waals surface area contributed by atoms with E-state index in [1.807, 2.05) is 0 Å². The lowest BCUT2D eigenvalue weighted by atomic mass is 10.2. The Bertz CT molecular complexity index is 518. The number of nitrogens with zero attached hydrogens (tertiary/aromatic N) is 2. The summed E-state index contributed by atoms with van der Waals surface area (Å²) in [5.41, 5.74) is -0.341. The smallest absolute Gasteiger partial charge is 0.153 e. The van der Waals surface area contributed by atoms with Crippen molar-refractivity contribution < 1.29 is 13.2 Å². The molecular weight excluding hydrogens is 251 g/mol. The molecule has 0 aliphatic heterocycles. The van der Waals surface area contributed by atoms with Gasteiger partial charge < -0.3 is 5.32 Å². The van der Waals surface area contributed by atoms with Gasteiger partial charge in [0.15, 0.2) is 5.01 Å². The summed E-state index contributed by atoms with van der Waals surface area (Å²) >= 11 is 1.06. The Morgan fingerprint density at radius 1 is 1.18 bits per heavy atom. The van der Waals surface area contributed by atoms with E-state index in [4.69, 9.17) is 0 Å². The molecule has 2 rings (SSSR count). The van der Waals surface area contributed by atoms with Crippen LogP contribution < -0.4 is 5.32 Å². The van der Waals surface area contributed by atoms with E-state index in [1.165, 1.54) is 0 Å². The van der Waals surface area contributed by atoms with E-state index in [1.54, 1.807) is 7.05 Å². The van der Waals surface area contributed by atoms with Crippen molar-refractivity contribution in [2.45, 2.75) is 6.54 Å². The highest BCUT2D eigenvalue weighted by atomic mass is 32.1. The minimum Gasteiger partial charge on any atom is -0.313 e. The molecule has 1 heterocycles. The van der Waals surface area contributed by atoms with Gasteiger partial charge in [-0.25, -0.2) is 13.2 Å². The third kappa shape index (κ3) is 2.45. The summed E-state index contributed by atoms with van der Waals surface area (Å²) in [6, 6.07) is 1.25. The van der Waals surface area contributed by atoms with Crippen LogP contribution in [0.5, 0.6) is 0 Å². The summed E-state index contributed by atoms with van der Waals surface area (Å²) in [5.74, 6) is -2.91. The molecule has 0 radical (unpaired) electrons. The van der Waals surface area contributed by atoms with Crippen molar-refractivity contribution in [2.24, 2.45) is 0 Å². The van der Waals surface area contributed by atoms with E-state index in [-0.39, 0.29) is 10.6 Å². The zero-order chi connectivity index (χ0) is 12.4. The fourth-order valence-corrected chi connectivity index (χ4v) is 2.22. The van der Waals surface area contributed by atoms with Crippen LogP contribution >= 0.6 is 11.3 Å². The summed E-state index contributed by atoms with van der Waals surface area (Å²) in [6.07, 6.45) is 0. The molecule has 1 aromatic heterocycles. The lowest BCUT2D eigenvalue weighted by Crippen LogP contribution is -2.04. The van der Waals surface area contributed by atoms with Crippen LogP contribution in [0.2, 0.25) is 0 Å². The molecule has 0 saturated carbocycles. The molecule has 0 amide bonds. The van der Waals surface area contributed by atoms with E-state index < -0.39 is 17.5 Å². The van der Waals surface area contributed by atoms with Gasteiger partial charge in [0.25, 0.3) is 0 Å². The standard InChI is InChI=1S/C10H8F3N3S/c1-14-4-8-15-16-10(17-8)9-6(12)2-5(11)3-7(9)13/h2-3,14H,4H2,1H3. The van der Waals surface area contributed by atoms with Crippen molar-refractivity contribution in [2.75, 3.05) is 7.05 Å². The topological polar surface area (TPSA) is 37.8 Å². The van der Waals surface area contributed by atoms with Crippen molar-refractivity contribution in [3.05, 3.63) is 34.6 Å². The molecule has 90 valence electrons. The second-order valence-corrected chi connectivity index (χ2v) is 4.34. The Labute approximate surface area is 99.3 Å². The third-order valence-electron chi connectivity index (χ3n) is 2.02. The first kappa shape index (κ1) is 12.0. The van der Waals surface area contributed by atoms with E-state index in [0.717, 1.165) is 11.3 Å². The first-order valence-electron chi connectivity index (χ1n) is 4.73. The average Bonchev–Trinajstić information content (AvgIpc) is 2.65. The predicted octanol–water partition coefficient (Wildman–Crippen LogP) is 2.34. The largest absolute Gasteiger partial charge is 0.313 e. The van der Waals surface area contributed by atoms with Crippen molar-refractivity contribution >= 4 is 11.3 Å². The van der Waals surface area contributed by atoms with Gasteiger partial charge in [-0.15, -0.1) is 10.2 Å². The number of hydrogen-bond donors (Lipinski definition) is 1. The van der Waals surface area contributed by atoms with Gasteiger partial charge in [0.1, 0.15) is 22.5 Å². The Hall–Kier alpha value is -1.47. The molecule has 0 saturated heterocycles. The Morgan fingerprint density at radius 2 is 1.82 bits per heavy atom. The fraction of sp³-hybridized carbons (Fsp3) is 0.200. The molecule has 1 N–H and O–H groups in total. The number of rotatable bonds is 3. The van der Waals surface area contributed by atoms with Crippen molar-refractivity contribution in [3.63, 3.8) is 0 Å². The molecule has 2 aromatic rings. The number of hydrogen-bond acceptors (Lipinski definition) is 4. The van der Waals surface area contributed by atoms with Crippen LogP contribution in [0.15, 0.2) is 12.1 Å². The molecule has 0 bridgehead atoms. The molecule has 3 nitrogen and oxygen atoms in total. The number of aromatic nitrogens is 2. The first-order chi connectivity index (χ1) is 8.11. The maximum atomic E-state index is 13.4. The molecule has 0 spiro atoms. The maximum absolute atomic E-state index is 13.4. The van der Waals surface area contributed by atoms with Gasteiger partial charge in [-0.2, -0.15) is 0 Å². The highest BCUT2D eigenvalue weighted by Gasteiger charge is 2.17. The summed E-state index contributed by atoms with van der Waals surface area (Å²) in [4.78, 5) is 0. The van der Waals surface area contributed by atoms with Gasteiger partial charge in [-0.1, -0.05) is 11.3 Å². The fourth-order valence-electron chi connectivity index (χ4n) is 1.32. The van der Waals surface area contributed by atoms with Gasteiger partial charge in [0.05, 0.1) is 5.56 Å². The summed E-state index contributed by atoms with van der Waals surface area (Å²) in [5, 5.41) is 11.0. The molecule has 0 fully saturated rings. The van der Waals surface area contributed by atoms with Crippen LogP contribution in [-0.4, -0.2) is 17.2 Å². The number of halogens is 3. The number of nitrogens with one attached hydrogen (secondary N) is 1. The van der Waals surface area contributed by atoms with Crippen LogP contribution in [0, 0.1) is 17.5 Å². The van der Waals surface area contributed by atoms with Gasteiger partial charge in [0, 0.05) is 18.7 Å². The highest BCUT2D eigenvalue weighted by molar-refractivity contribution is 7.14. The molecule has 0 unspecified atom stereocenters. The lowest BCUT2D eigenvalue weighted by molar-refractivity contribution is 0.547. The van der Waals surface area contributed by atoms with Crippen LogP contribution in [-0.2, 0) is 6.54 Å². The molecule has 1 aromatic carbocycles. The molecule has 0 aliphatic carbocycles. The van der Waals surface area contributed by atoms with Crippen LogP contribution in [0.4, 0.5) is 13.2 Å². The summed E-state index contributed by atoms with van der Waals surface area (Å²) in [7, 11) is 1.72. The average molecular weight is 259 g/mol. The van der Waals surface area contributed by atoms with Crippen molar-refractivity contribution in [3.8, 4) is 10.6 Å². The van der Waals surface area contributed by atoms with Gasteiger partial charge >= 0.3 is 0 Å². The number of benzene rings is 1. The normalized spacial score (nSPS) is 10.8. The zero-order valence-corrected chi connectivity index (χ0v) is 9.61. The summed E-state index contributed by atoms with van der Waals surface area (Å²) in [6.45, 7) is 0.460.